The summed E-state index contributed by atoms with van der Waals surface area (Å²) in [6.45, 7) is 0. The lowest BCUT2D eigenvalue weighted by Gasteiger charge is -1.88. The highest BCUT2D eigenvalue weighted by atomic mass is 16.1. The Bertz CT molecular complexity index is 454. The normalized spacial score (nSPS) is 11.1. The van der Waals surface area contributed by atoms with E-state index in [1.54, 1.807) is 12.4 Å². The van der Waals surface area contributed by atoms with E-state index in [0.29, 0.717) is 0 Å². The Morgan fingerprint density at radius 3 is 3.00 bits per heavy atom. The molecule has 13 heavy (non-hydrogen) atoms. The molecule has 2 rings (SSSR count). The highest BCUT2D eigenvalue weighted by Crippen LogP contribution is 2.18. The number of aromatic nitrogens is 1. The maximum Gasteiger partial charge on any atom is 0.225 e. The van der Waals surface area contributed by atoms with Crippen molar-refractivity contribution in [1.29, 1.82) is 0 Å². The summed E-state index contributed by atoms with van der Waals surface area (Å²) in [6, 6.07) is 7.95. The summed E-state index contributed by atoms with van der Waals surface area (Å²) in [4.78, 5) is 13.1. The van der Waals surface area contributed by atoms with Gasteiger partial charge >= 0.3 is 0 Å². The lowest BCUT2D eigenvalue weighted by molar-refractivity contribution is 0.564. The Morgan fingerprint density at radius 2 is 2.15 bits per heavy atom. The molecule has 0 spiro atoms. The fourth-order valence-electron chi connectivity index (χ4n) is 1.36. The molecule has 2 aromatic rings. The van der Waals surface area contributed by atoms with Crippen LogP contribution in [0.2, 0.25) is 0 Å². The maximum atomic E-state index is 10.0. The first-order valence-electron chi connectivity index (χ1n) is 4.02. The van der Waals surface area contributed by atoms with Gasteiger partial charge < -0.3 is 4.98 Å². The minimum Gasteiger partial charge on any atom is -0.361 e. The first-order valence-corrected chi connectivity index (χ1v) is 4.02. The van der Waals surface area contributed by atoms with Crippen molar-refractivity contribution in [1.82, 2.24) is 4.98 Å². The molecule has 63 valence electrons. The minimum absolute atomic E-state index is 1.01. The largest absolute Gasteiger partial charge is 0.361 e. The SMILES string of the molecule is O=[C]/C=C/c1c[nH]c2ccccc12. The van der Waals surface area contributed by atoms with Crippen LogP contribution < -0.4 is 0 Å². The van der Waals surface area contributed by atoms with Crippen molar-refractivity contribution in [2.75, 3.05) is 0 Å². The Balaban J connectivity index is 2.57. The first-order chi connectivity index (χ1) is 6.42. The number of allylic oxidation sites excluding steroid dienone is 1. The van der Waals surface area contributed by atoms with Gasteiger partial charge in [0.05, 0.1) is 0 Å². The molecule has 0 aliphatic rings. The second-order valence-corrected chi connectivity index (χ2v) is 2.74. The lowest BCUT2D eigenvalue weighted by Crippen LogP contribution is -1.67. The summed E-state index contributed by atoms with van der Waals surface area (Å²) in [6.07, 6.45) is 6.71. The number of aromatic amines is 1. The quantitative estimate of drug-likeness (QED) is 0.689. The van der Waals surface area contributed by atoms with Gasteiger partial charge in [-0.2, -0.15) is 0 Å². The zero-order valence-corrected chi connectivity index (χ0v) is 6.95. The van der Waals surface area contributed by atoms with Crippen molar-refractivity contribution < 1.29 is 4.79 Å². The van der Waals surface area contributed by atoms with Crippen LogP contribution in [0.3, 0.4) is 0 Å². The summed E-state index contributed by atoms with van der Waals surface area (Å²) < 4.78 is 0. The van der Waals surface area contributed by atoms with Crippen LogP contribution in [-0.4, -0.2) is 11.3 Å². The average Bonchev–Trinajstić information content (AvgIpc) is 2.58. The number of hydrogen-bond acceptors (Lipinski definition) is 1. The summed E-state index contributed by atoms with van der Waals surface area (Å²) in [5, 5.41) is 1.12. The van der Waals surface area contributed by atoms with E-state index in [-0.39, 0.29) is 0 Å². The highest BCUT2D eigenvalue weighted by molar-refractivity contribution is 5.90. The molecule has 2 nitrogen and oxygen atoms in total. The molecule has 0 saturated carbocycles. The van der Waals surface area contributed by atoms with E-state index >= 15 is 0 Å². The molecule has 0 unspecified atom stereocenters. The van der Waals surface area contributed by atoms with Crippen molar-refractivity contribution in [2.45, 2.75) is 0 Å². The molecule has 1 radical (unpaired) electrons. The van der Waals surface area contributed by atoms with Gasteiger partial charge in [-0.3, -0.25) is 4.79 Å². The smallest absolute Gasteiger partial charge is 0.225 e. The molecule has 1 aromatic heterocycles. The van der Waals surface area contributed by atoms with Crippen molar-refractivity contribution >= 4 is 23.3 Å². The number of nitrogens with one attached hydrogen (secondary N) is 1. The minimum atomic E-state index is 1.01. The van der Waals surface area contributed by atoms with Gasteiger partial charge in [-0.05, 0) is 23.8 Å². The van der Waals surface area contributed by atoms with Crippen LogP contribution in [0.5, 0.6) is 0 Å². The molecular weight excluding hydrogens is 162 g/mol. The second kappa shape index (κ2) is 3.27. The van der Waals surface area contributed by atoms with E-state index < -0.39 is 0 Å². The molecule has 2 heteroatoms. The van der Waals surface area contributed by atoms with Gasteiger partial charge in [0, 0.05) is 17.1 Å². The fourth-order valence-corrected chi connectivity index (χ4v) is 1.36. The van der Waals surface area contributed by atoms with Gasteiger partial charge in [-0.1, -0.05) is 18.2 Å². The van der Waals surface area contributed by atoms with Gasteiger partial charge in [0.2, 0.25) is 6.29 Å². The Morgan fingerprint density at radius 1 is 1.31 bits per heavy atom. The van der Waals surface area contributed by atoms with Crippen LogP contribution >= 0.6 is 0 Å². The summed E-state index contributed by atoms with van der Waals surface area (Å²) in [5.74, 6) is 0. The van der Waals surface area contributed by atoms with Gasteiger partial charge in [-0.15, -0.1) is 0 Å². The van der Waals surface area contributed by atoms with Crippen molar-refractivity contribution in [3.8, 4) is 0 Å². The van der Waals surface area contributed by atoms with E-state index in [4.69, 9.17) is 0 Å². The van der Waals surface area contributed by atoms with Crippen molar-refractivity contribution in [2.24, 2.45) is 0 Å². The number of fused-ring (bicyclic) bond motifs is 1. The van der Waals surface area contributed by atoms with Crippen LogP contribution in [-0.2, 0) is 4.79 Å². The number of rotatable bonds is 2. The molecule has 0 bridgehead atoms. The highest BCUT2D eigenvalue weighted by Gasteiger charge is 1.97. The fraction of sp³-hybridized carbons (Fsp3) is 0. The Labute approximate surface area is 75.9 Å². The van der Waals surface area contributed by atoms with E-state index in [1.165, 1.54) is 6.08 Å². The van der Waals surface area contributed by atoms with E-state index in [9.17, 15) is 4.79 Å². The number of H-pyrrole nitrogens is 1. The van der Waals surface area contributed by atoms with Crippen LogP contribution in [0.4, 0.5) is 0 Å². The third-order valence-corrected chi connectivity index (χ3v) is 1.95. The predicted octanol–water partition coefficient (Wildman–Crippen LogP) is 2.29. The number of hydrogen-bond donors (Lipinski definition) is 1. The molecule has 0 fully saturated rings. The summed E-state index contributed by atoms with van der Waals surface area (Å²) in [5.41, 5.74) is 2.09. The van der Waals surface area contributed by atoms with E-state index in [1.807, 2.05) is 30.5 Å². The average molecular weight is 170 g/mol. The van der Waals surface area contributed by atoms with Crippen LogP contribution in [0.15, 0.2) is 36.5 Å². The first kappa shape index (κ1) is 7.80. The second-order valence-electron chi connectivity index (χ2n) is 2.74. The van der Waals surface area contributed by atoms with E-state index in [2.05, 4.69) is 4.98 Å². The molecule has 0 aliphatic carbocycles. The molecule has 1 N–H and O–H groups in total. The van der Waals surface area contributed by atoms with Gasteiger partial charge in [0.15, 0.2) is 0 Å². The van der Waals surface area contributed by atoms with Crippen LogP contribution in [0, 0.1) is 0 Å². The summed E-state index contributed by atoms with van der Waals surface area (Å²) >= 11 is 0. The maximum absolute atomic E-state index is 10.0. The zero-order valence-electron chi connectivity index (χ0n) is 6.95. The van der Waals surface area contributed by atoms with Gasteiger partial charge in [-0.25, -0.2) is 0 Å². The topological polar surface area (TPSA) is 32.9 Å². The monoisotopic (exact) mass is 170 g/mol. The third-order valence-electron chi connectivity index (χ3n) is 1.95. The predicted molar refractivity (Wildman–Crippen MR) is 53.0 cm³/mol. The van der Waals surface area contributed by atoms with Crippen molar-refractivity contribution in [3.63, 3.8) is 0 Å². The standard InChI is InChI=1S/C11H8NO/c13-7-3-4-9-8-12-11-6-2-1-5-10(9)11/h1-6,8,12H/b4-3+. The van der Waals surface area contributed by atoms with Gasteiger partial charge in [0.1, 0.15) is 0 Å². The Hall–Kier alpha value is -1.83. The van der Waals surface area contributed by atoms with Crippen LogP contribution in [0.25, 0.3) is 17.0 Å². The van der Waals surface area contributed by atoms with E-state index in [0.717, 1.165) is 16.5 Å². The number of benzene rings is 1. The van der Waals surface area contributed by atoms with Crippen LogP contribution in [0.1, 0.15) is 5.56 Å². The number of para-hydroxylation sites is 1. The molecule has 1 heterocycles. The molecule has 0 saturated heterocycles. The van der Waals surface area contributed by atoms with Crippen molar-refractivity contribution in [3.05, 3.63) is 42.1 Å². The molecule has 0 atom stereocenters. The summed E-state index contributed by atoms with van der Waals surface area (Å²) in [7, 11) is 0. The zero-order chi connectivity index (χ0) is 9.10. The number of carbonyl (C=O) groups excluding carboxylic acids is 1. The third kappa shape index (κ3) is 1.38. The molecule has 0 aliphatic heterocycles. The molecule has 1 aromatic carbocycles. The molecule has 0 amide bonds. The lowest BCUT2D eigenvalue weighted by atomic mass is 10.2. The molecular formula is C11H8NO. The van der Waals surface area contributed by atoms with Gasteiger partial charge in [0.25, 0.3) is 0 Å². The Kier molecular flexibility index (Phi) is 1.96.